The lowest BCUT2D eigenvalue weighted by molar-refractivity contribution is -0.612. The highest BCUT2D eigenvalue weighted by atomic mass is 35.5. The second kappa shape index (κ2) is 8.36. The van der Waals surface area contributed by atoms with Gasteiger partial charge in [-0.1, -0.05) is 23.7 Å². The van der Waals surface area contributed by atoms with Gasteiger partial charge in [-0.15, -0.1) is 0 Å². The molecule has 1 N–H and O–H groups in total. The molecular weight excluding hydrogens is 404 g/mol. The van der Waals surface area contributed by atoms with Gasteiger partial charge in [0, 0.05) is 12.5 Å². The number of aromatic carboxylic acids is 1. The molecule has 3 aromatic rings. The molecule has 0 aliphatic carbocycles. The molecule has 1 heterocycles. The molecule has 5 nitrogen and oxygen atoms in total. The third-order valence-corrected chi connectivity index (χ3v) is 4.60. The fourth-order valence-electron chi connectivity index (χ4n) is 2.85. The van der Waals surface area contributed by atoms with Crippen molar-refractivity contribution in [1.29, 1.82) is 0 Å². The molecule has 0 amide bonds. The van der Waals surface area contributed by atoms with Crippen molar-refractivity contribution in [3.05, 3.63) is 93.4 Å². The van der Waals surface area contributed by atoms with Gasteiger partial charge in [-0.25, -0.2) is 13.6 Å². The number of rotatable bonds is 6. The lowest BCUT2D eigenvalue weighted by Gasteiger charge is -2.09. The number of Topliss-reactive ketones (excluding diaryl/α,β-unsaturated/α-hetero) is 1. The Hall–Kier alpha value is -3.32. The van der Waals surface area contributed by atoms with Crippen LogP contribution in [0.4, 0.5) is 8.78 Å². The summed E-state index contributed by atoms with van der Waals surface area (Å²) in [6.07, 6.45) is 0.812. The Morgan fingerprint density at radius 2 is 1.69 bits per heavy atom. The summed E-state index contributed by atoms with van der Waals surface area (Å²) in [4.78, 5) is 23.1. The van der Waals surface area contributed by atoms with Gasteiger partial charge in [0.15, 0.2) is 17.7 Å². The minimum Gasteiger partial charge on any atom is -0.618 e. The van der Waals surface area contributed by atoms with Crippen molar-refractivity contribution in [2.75, 3.05) is 0 Å². The molecule has 0 aliphatic heterocycles. The number of carboxylic acids is 1. The third kappa shape index (κ3) is 4.57. The molecule has 1 aromatic heterocycles. The van der Waals surface area contributed by atoms with Crippen LogP contribution in [-0.4, -0.2) is 16.9 Å². The van der Waals surface area contributed by atoms with E-state index in [1.165, 1.54) is 36.4 Å². The van der Waals surface area contributed by atoms with Gasteiger partial charge < -0.3 is 10.3 Å². The van der Waals surface area contributed by atoms with Gasteiger partial charge in [0.2, 0.25) is 0 Å². The van der Waals surface area contributed by atoms with E-state index < -0.39 is 23.2 Å². The Morgan fingerprint density at radius 3 is 2.31 bits per heavy atom. The smallest absolute Gasteiger partial charge is 0.335 e. The van der Waals surface area contributed by atoms with Crippen molar-refractivity contribution >= 4 is 23.4 Å². The molecular formula is C21H14ClF2NO4. The van der Waals surface area contributed by atoms with Crippen molar-refractivity contribution in [3.8, 4) is 11.1 Å². The lowest BCUT2D eigenvalue weighted by atomic mass is 10.0. The average molecular weight is 418 g/mol. The summed E-state index contributed by atoms with van der Waals surface area (Å²) in [5.74, 6) is -3.17. The number of carbonyl (C=O) groups excluding carboxylic acids is 1. The van der Waals surface area contributed by atoms with Gasteiger partial charge in [0.25, 0.3) is 0 Å². The Labute approximate surface area is 169 Å². The number of carboxylic acid groups (broad SMARTS) is 1. The zero-order valence-corrected chi connectivity index (χ0v) is 15.6. The standard InChI is InChI=1S/C21H14ClF2NO4/c22-17-7-8-18(23)19(20(17)24)14-5-6-15(25(29)11-14)10-16(26)9-12-1-3-13(4-2-12)21(27)28/h1-8,11H,9-10H2,(H,27,28). The Kier molecular flexibility index (Phi) is 5.89. The number of pyridine rings is 1. The van der Waals surface area contributed by atoms with Crippen molar-refractivity contribution in [3.63, 3.8) is 0 Å². The van der Waals surface area contributed by atoms with Gasteiger partial charge in [-0.2, -0.15) is 4.73 Å². The van der Waals surface area contributed by atoms with E-state index in [1.54, 1.807) is 0 Å². The van der Waals surface area contributed by atoms with Crippen LogP contribution in [0, 0.1) is 16.8 Å². The number of aromatic nitrogens is 1. The summed E-state index contributed by atoms with van der Waals surface area (Å²) in [7, 11) is 0. The molecule has 0 atom stereocenters. The molecule has 0 aliphatic rings. The molecule has 0 fully saturated rings. The molecule has 148 valence electrons. The van der Waals surface area contributed by atoms with Crippen LogP contribution < -0.4 is 4.73 Å². The zero-order valence-electron chi connectivity index (χ0n) is 14.9. The van der Waals surface area contributed by atoms with Crippen LogP contribution in [0.2, 0.25) is 5.02 Å². The number of nitrogens with zero attached hydrogens (tertiary/aromatic N) is 1. The predicted octanol–water partition coefficient (Wildman–Crippen LogP) is 3.97. The fourth-order valence-corrected chi connectivity index (χ4v) is 3.00. The maximum absolute atomic E-state index is 14.1. The maximum Gasteiger partial charge on any atom is 0.335 e. The summed E-state index contributed by atoms with van der Waals surface area (Å²) in [6, 6.07) is 10.6. The van der Waals surface area contributed by atoms with E-state index in [4.69, 9.17) is 16.7 Å². The van der Waals surface area contributed by atoms with E-state index in [9.17, 15) is 23.6 Å². The molecule has 8 heteroatoms. The van der Waals surface area contributed by atoms with Crippen molar-refractivity contribution in [2.24, 2.45) is 0 Å². The second-order valence-corrected chi connectivity index (χ2v) is 6.75. The van der Waals surface area contributed by atoms with Gasteiger partial charge >= 0.3 is 5.97 Å². The number of hydrogen-bond acceptors (Lipinski definition) is 3. The topological polar surface area (TPSA) is 81.3 Å². The highest BCUT2D eigenvalue weighted by Crippen LogP contribution is 2.29. The maximum atomic E-state index is 14.1. The largest absolute Gasteiger partial charge is 0.618 e. The van der Waals surface area contributed by atoms with Crippen LogP contribution in [0.15, 0.2) is 54.7 Å². The van der Waals surface area contributed by atoms with Crippen LogP contribution in [0.25, 0.3) is 11.1 Å². The first kappa shape index (κ1) is 20.4. The zero-order chi connectivity index (χ0) is 21.1. The minimum absolute atomic E-state index is 0.00189. The van der Waals surface area contributed by atoms with E-state index in [-0.39, 0.29) is 40.5 Å². The molecule has 0 saturated carbocycles. The molecule has 2 aromatic carbocycles. The number of hydrogen-bond donors (Lipinski definition) is 1. The third-order valence-electron chi connectivity index (χ3n) is 4.31. The van der Waals surface area contributed by atoms with Crippen molar-refractivity contribution in [2.45, 2.75) is 12.8 Å². The summed E-state index contributed by atoms with van der Waals surface area (Å²) < 4.78 is 28.5. The molecule has 0 spiro atoms. The predicted molar refractivity (Wildman–Crippen MR) is 102 cm³/mol. The second-order valence-electron chi connectivity index (χ2n) is 6.35. The van der Waals surface area contributed by atoms with E-state index in [0.29, 0.717) is 10.3 Å². The van der Waals surface area contributed by atoms with Gasteiger partial charge in [-0.05, 0) is 35.9 Å². The lowest BCUT2D eigenvalue weighted by Crippen LogP contribution is -2.33. The van der Waals surface area contributed by atoms with Crippen LogP contribution in [-0.2, 0) is 17.6 Å². The van der Waals surface area contributed by atoms with Crippen molar-refractivity contribution in [1.82, 2.24) is 0 Å². The van der Waals surface area contributed by atoms with Crippen molar-refractivity contribution < 1.29 is 28.2 Å². The molecule has 0 saturated heterocycles. The summed E-state index contributed by atoms with van der Waals surface area (Å²) in [6.45, 7) is 0. The Balaban J connectivity index is 1.76. The van der Waals surface area contributed by atoms with E-state index in [0.717, 1.165) is 18.3 Å². The van der Waals surface area contributed by atoms with Crippen LogP contribution in [0.5, 0.6) is 0 Å². The van der Waals surface area contributed by atoms with E-state index in [2.05, 4.69) is 0 Å². The Bertz CT molecular complexity index is 1100. The summed E-state index contributed by atoms with van der Waals surface area (Å²) in [5.41, 5.74) is 0.409. The fraction of sp³-hybridized carbons (Fsp3) is 0.0952. The minimum atomic E-state index is -1.07. The molecule has 0 radical (unpaired) electrons. The van der Waals surface area contributed by atoms with Crippen LogP contribution in [0.3, 0.4) is 0 Å². The SMILES string of the molecule is O=C(Cc1ccc(C(=O)O)cc1)Cc1ccc(-c2c(F)ccc(Cl)c2F)c[n+]1[O-]. The van der Waals surface area contributed by atoms with E-state index >= 15 is 0 Å². The Morgan fingerprint density at radius 1 is 1.00 bits per heavy atom. The number of ketones is 1. The monoisotopic (exact) mass is 417 g/mol. The number of carbonyl (C=O) groups is 2. The first-order chi connectivity index (χ1) is 13.8. The molecule has 0 unspecified atom stereocenters. The molecule has 3 rings (SSSR count). The van der Waals surface area contributed by atoms with Gasteiger partial charge in [0.05, 0.1) is 28.1 Å². The molecule has 0 bridgehead atoms. The first-order valence-electron chi connectivity index (χ1n) is 8.46. The number of benzene rings is 2. The van der Waals surface area contributed by atoms with Gasteiger partial charge in [-0.3, -0.25) is 4.79 Å². The highest BCUT2D eigenvalue weighted by Gasteiger charge is 2.19. The first-order valence-corrected chi connectivity index (χ1v) is 8.84. The average Bonchev–Trinajstić information content (AvgIpc) is 2.67. The molecule has 29 heavy (non-hydrogen) atoms. The summed E-state index contributed by atoms with van der Waals surface area (Å²) in [5, 5.41) is 20.9. The van der Waals surface area contributed by atoms with Crippen LogP contribution >= 0.6 is 11.6 Å². The van der Waals surface area contributed by atoms with Crippen LogP contribution in [0.1, 0.15) is 21.6 Å². The van der Waals surface area contributed by atoms with Gasteiger partial charge in [0.1, 0.15) is 11.6 Å². The summed E-state index contributed by atoms with van der Waals surface area (Å²) >= 11 is 5.68. The normalized spacial score (nSPS) is 10.7. The highest BCUT2D eigenvalue weighted by molar-refractivity contribution is 6.31. The van der Waals surface area contributed by atoms with E-state index in [1.807, 2.05) is 0 Å². The number of halogens is 3. The quantitative estimate of drug-likeness (QED) is 0.374.